The van der Waals surface area contributed by atoms with Crippen LogP contribution in [0.3, 0.4) is 0 Å². The average Bonchev–Trinajstić information content (AvgIpc) is 3.51. The Bertz CT molecular complexity index is 1190. The molecular weight excluding hydrogens is 532 g/mol. The monoisotopic (exact) mass is 572 g/mol. The lowest BCUT2D eigenvalue weighted by atomic mass is 10.0. The van der Waals surface area contributed by atoms with Crippen LogP contribution in [0.1, 0.15) is 64.5 Å². The smallest absolute Gasteiger partial charge is 0.225 e. The largest absolute Gasteiger partial charge is 0.299 e. The molecule has 5 aliphatic heterocycles. The minimum atomic E-state index is -0.778. The van der Waals surface area contributed by atoms with Gasteiger partial charge in [-0.25, -0.2) is 0 Å². The minimum absolute atomic E-state index is 0.0991. The molecule has 2 aromatic rings. The van der Waals surface area contributed by atoms with Crippen LogP contribution in [0.4, 0.5) is 0 Å². The molecule has 0 saturated carbocycles. The summed E-state index contributed by atoms with van der Waals surface area (Å²) in [6.07, 6.45) is -2.52. The SMILES string of the molecule is CCC(=O)N1C2C3N(Cc4ccccc4)C4C(N2Cc2ccccc2)N(C(=O)CC)C(C1N3C(=O)CC)N4C(=O)CC. The number of piperazine rings is 1. The fourth-order valence-electron chi connectivity index (χ4n) is 7.55. The van der Waals surface area contributed by atoms with Crippen molar-refractivity contribution in [3.8, 4) is 0 Å². The van der Waals surface area contributed by atoms with Gasteiger partial charge in [-0.1, -0.05) is 88.4 Å². The lowest BCUT2D eigenvalue weighted by Crippen LogP contribution is -2.74. The van der Waals surface area contributed by atoms with Crippen molar-refractivity contribution >= 4 is 23.6 Å². The second kappa shape index (κ2) is 11.1. The summed E-state index contributed by atoms with van der Waals surface area (Å²) in [5.41, 5.74) is 2.07. The van der Waals surface area contributed by atoms with Crippen LogP contribution in [0.25, 0.3) is 0 Å². The fourth-order valence-corrected chi connectivity index (χ4v) is 7.55. The maximum Gasteiger partial charge on any atom is 0.225 e. The van der Waals surface area contributed by atoms with Crippen molar-refractivity contribution in [2.45, 2.75) is 103 Å². The number of hydrogen-bond donors (Lipinski definition) is 0. The van der Waals surface area contributed by atoms with Crippen LogP contribution in [0.2, 0.25) is 0 Å². The molecule has 5 saturated heterocycles. The summed E-state index contributed by atoms with van der Waals surface area (Å²) in [5, 5.41) is 0. The van der Waals surface area contributed by atoms with Crippen molar-refractivity contribution in [1.29, 1.82) is 0 Å². The van der Waals surface area contributed by atoms with E-state index in [2.05, 4.69) is 9.80 Å². The van der Waals surface area contributed by atoms with Crippen molar-refractivity contribution in [2.75, 3.05) is 0 Å². The molecule has 4 atom stereocenters. The molecule has 0 radical (unpaired) electrons. The van der Waals surface area contributed by atoms with Crippen LogP contribution in [0.15, 0.2) is 60.7 Å². The third-order valence-electron chi connectivity index (χ3n) is 9.22. The van der Waals surface area contributed by atoms with Gasteiger partial charge in [-0.3, -0.25) is 48.6 Å². The van der Waals surface area contributed by atoms with E-state index in [1.54, 1.807) is 0 Å². The summed E-state index contributed by atoms with van der Waals surface area (Å²) >= 11 is 0. The van der Waals surface area contributed by atoms with Crippen LogP contribution in [0.5, 0.6) is 0 Å². The molecule has 0 aromatic heterocycles. The first-order valence-electron chi connectivity index (χ1n) is 15.2. The van der Waals surface area contributed by atoms with E-state index < -0.39 is 37.0 Å². The Morgan fingerprint density at radius 2 is 0.714 bits per heavy atom. The molecule has 222 valence electrons. The lowest BCUT2D eigenvalue weighted by molar-refractivity contribution is -0.180. The molecule has 5 fully saturated rings. The van der Waals surface area contributed by atoms with Gasteiger partial charge in [-0.15, -0.1) is 0 Å². The summed E-state index contributed by atoms with van der Waals surface area (Å²) in [4.78, 5) is 67.6. The van der Waals surface area contributed by atoms with E-state index in [-0.39, 0.29) is 49.3 Å². The summed E-state index contributed by atoms with van der Waals surface area (Å²) in [5.74, 6) is -0.397. The molecule has 42 heavy (non-hydrogen) atoms. The third-order valence-corrected chi connectivity index (χ3v) is 9.22. The Kier molecular flexibility index (Phi) is 7.53. The number of nitrogens with zero attached hydrogens (tertiary/aromatic N) is 6. The molecule has 6 bridgehead atoms. The third kappa shape index (κ3) is 4.14. The van der Waals surface area contributed by atoms with Gasteiger partial charge in [0.1, 0.15) is 37.0 Å². The maximum absolute atomic E-state index is 14.0. The predicted octanol–water partition coefficient (Wildman–Crippen LogP) is 2.96. The normalized spacial score (nSPS) is 28.1. The van der Waals surface area contributed by atoms with Crippen LogP contribution < -0.4 is 0 Å². The highest BCUT2D eigenvalue weighted by Crippen LogP contribution is 2.53. The number of carbonyl (C=O) groups is 4. The van der Waals surface area contributed by atoms with Gasteiger partial charge >= 0.3 is 0 Å². The Labute approximate surface area is 247 Å². The first-order chi connectivity index (χ1) is 20.4. The lowest BCUT2D eigenvalue weighted by Gasteiger charge is -2.55. The highest BCUT2D eigenvalue weighted by atomic mass is 16.2. The van der Waals surface area contributed by atoms with Gasteiger partial charge < -0.3 is 0 Å². The van der Waals surface area contributed by atoms with Crippen molar-refractivity contribution in [1.82, 2.24) is 29.4 Å². The summed E-state index contributed by atoms with van der Waals surface area (Å²) in [7, 11) is 0. The molecule has 7 rings (SSSR count). The maximum atomic E-state index is 14.0. The molecule has 0 aliphatic carbocycles. The van der Waals surface area contributed by atoms with Crippen LogP contribution in [0, 0.1) is 0 Å². The van der Waals surface area contributed by atoms with Crippen molar-refractivity contribution in [3.63, 3.8) is 0 Å². The van der Waals surface area contributed by atoms with E-state index in [0.29, 0.717) is 13.1 Å². The highest BCUT2D eigenvalue weighted by molar-refractivity contribution is 5.85. The van der Waals surface area contributed by atoms with Gasteiger partial charge in [-0.2, -0.15) is 0 Å². The quantitative estimate of drug-likeness (QED) is 0.484. The van der Waals surface area contributed by atoms with Crippen LogP contribution >= 0.6 is 0 Å². The molecule has 10 nitrogen and oxygen atoms in total. The zero-order valence-electron chi connectivity index (χ0n) is 24.8. The second-order valence-corrected chi connectivity index (χ2v) is 11.4. The fraction of sp³-hybridized carbons (Fsp3) is 0.500. The highest BCUT2D eigenvalue weighted by Gasteiger charge is 2.74. The van der Waals surface area contributed by atoms with Gasteiger partial charge in [-0.05, 0) is 11.1 Å². The minimum Gasteiger partial charge on any atom is -0.299 e. The van der Waals surface area contributed by atoms with Gasteiger partial charge in [0.05, 0.1) is 0 Å². The zero-order chi connectivity index (χ0) is 29.7. The van der Waals surface area contributed by atoms with Gasteiger partial charge in [0.2, 0.25) is 23.6 Å². The predicted molar refractivity (Wildman–Crippen MR) is 155 cm³/mol. The molecule has 2 aromatic carbocycles. The van der Waals surface area contributed by atoms with E-state index in [9.17, 15) is 19.2 Å². The standard InChI is InChI=1S/C32H40N6O4/c1-5-23(39)35-27-28-34(20-22-17-13-10-14-18-22)30-29(33(27)19-21-15-11-9-12-16-21)37(25(41)7-3)32(38(30)26(42)8-4)31(35)36(28)24(40)6-2/h9-18,27-32H,5-8,19-20H2,1-4H3. The molecule has 0 N–H and O–H groups in total. The molecule has 4 unspecified atom stereocenters. The van der Waals surface area contributed by atoms with Crippen molar-refractivity contribution in [3.05, 3.63) is 71.8 Å². The first kappa shape index (κ1) is 28.4. The molecule has 5 aliphatic rings. The van der Waals surface area contributed by atoms with E-state index in [1.165, 1.54) is 0 Å². The molecule has 4 amide bonds. The van der Waals surface area contributed by atoms with Crippen molar-refractivity contribution < 1.29 is 19.2 Å². The topological polar surface area (TPSA) is 87.7 Å². The van der Waals surface area contributed by atoms with E-state index >= 15 is 0 Å². The van der Waals surface area contributed by atoms with Gasteiger partial charge in [0, 0.05) is 38.8 Å². The van der Waals surface area contributed by atoms with E-state index in [4.69, 9.17) is 0 Å². The van der Waals surface area contributed by atoms with Gasteiger partial charge in [0.25, 0.3) is 0 Å². The van der Waals surface area contributed by atoms with Gasteiger partial charge in [0.15, 0.2) is 0 Å². The summed E-state index contributed by atoms with van der Waals surface area (Å²) in [6, 6.07) is 20.0. The van der Waals surface area contributed by atoms with Crippen LogP contribution in [-0.2, 0) is 32.3 Å². The molecule has 10 heteroatoms. The van der Waals surface area contributed by atoms with E-state index in [0.717, 1.165) is 11.1 Å². The Morgan fingerprint density at radius 1 is 0.452 bits per heavy atom. The Balaban J connectivity index is 1.64. The molecule has 0 spiro atoms. The molecular formula is C32H40N6O4. The number of benzene rings is 2. The number of rotatable bonds is 8. The Morgan fingerprint density at radius 3 is 0.952 bits per heavy atom. The number of hydrogen-bond acceptors (Lipinski definition) is 6. The van der Waals surface area contributed by atoms with Crippen LogP contribution in [-0.4, -0.2) is 90.0 Å². The molecule has 5 heterocycles. The summed E-state index contributed by atoms with van der Waals surface area (Å²) < 4.78 is 0. The first-order valence-corrected chi connectivity index (χ1v) is 15.2. The van der Waals surface area contributed by atoms with Crippen molar-refractivity contribution in [2.24, 2.45) is 0 Å². The Hall–Kier alpha value is -3.76. The number of carbonyl (C=O) groups excluding carboxylic acids is 4. The summed E-state index contributed by atoms with van der Waals surface area (Å²) in [6.45, 7) is 8.24. The number of amides is 4. The average molecular weight is 573 g/mol. The van der Waals surface area contributed by atoms with E-state index in [1.807, 2.05) is 108 Å². The second-order valence-electron chi connectivity index (χ2n) is 11.4. The zero-order valence-corrected chi connectivity index (χ0v) is 24.8.